The Morgan fingerprint density at radius 2 is 1.65 bits per heavy atom. The summed E-state index contributed by atoms with van der Waals surface area (Å²) in [6.45, 7) is 0. The van der Waals surface area contributed by atoms with Crippen LogP contribution in [0.15, 0.2) is 62.5 Å². The van der Waals surface area contributed by atoms with Crippen molar-refractivity contribution in [3.05, 3.63) is 63.5 Å². The quantitative estimate of drug-likeness (QED) is 0.191. The second-order valence-electron chi connectivity index (χ2n) is 6.37. The topological polar surface area (TPSA) is 121 Å². The predicted molar refractivity (Wildman–Crippen MR) is 128 cm³/mol. The number of nitrogen functional groups attached to an aromatic ring is 1. The summed E-state index contributed by atoms with van der Waals surface area (Å²) in [5, 5.41) is 15.6. The van der Waals surface area contributed by atoms with Crippen LogP contribution in [-0.4, -0.2) is 37.8 Å². The highest BCUT2D eigenvalue weighted by Crippen LogP contribution is 2.38. The van der Waals surface area contributed by atoms with Crippen LogP contribution in [0.1, 0.15) is 4.88 Å². The van der Waals surface area contributed by atoms with Gasteiger partial charge in [0.2, 0.25) is 9.84 Å². The largest absolute Gasteiger partial charge is 0.490 e. The van der Waals surface area contributed by atoms with Crippen LogP contribution in [0.25, 0.3) is 11.1 Å². The Hall–Kier alpha value is -2.25. The number of rotatable bonds is 5. The van der Waals surface area contributed by atoms with Crippen LogP contribution in [0.4, 0.5) is 13.2 Å². The minimum Gasteiger partial charge on any atom is -0.475 e. The Kier molecular flexibility index (Phi) is 9.05. The van der Waals surface area contributed by atoms with Crippen molar-refractivity contribution in [2.75, 3.05) is 6.26 Å². The fourth-order valence-corrected chi connectivity index (χ4v) is 6.94. The molecule has 0 aliphatic heterocycles. The van der Waals surface area contributed by atoms with E-state index in [-0.39, 0.29) is 15.6 Å². The van der Waals surface area contributed by atoms with Crippen LogP contribution in [0.2, 0.25) is 10.0 Å². The molecule has 1 heterocycles. The second kappa shape index (κ2) is 11.0. The molecule has 0 radical (unpaired) electrons. The number of halogens is 5. The first-order valence-electron chi connectivity index (χ1n) is 8.80. The first-order chi connectivity index (χ1) is 15.7. The van der Waals surface area contributed by atoms with Gasteiger partial charge in [-0.25, -0.2) is 13.2 Å². The maximum absolute atomic E-state index is 13.2. The van der Waals surface area contributed by atoms with Crippen molar-refractivity contribution in [3.63, 3.8) is 0 Å². The summed E-state index contributed by atoms with van der Waals surface area (Å²) >= 11 is 14.6. The van der Waals surface area contributed by atoms with Gasteiger partial charge in [-0.1, -0.05) is 35.3 Å². The Morgan fingerprint density at radius 1 is 1.09 bits per heavy atom. The van der Waals surface area contributed by atoms with Crippen LogP contribution in [-0.2, 0) is 14.6 Å². The molecule has 4 N–H and O–H groups in total. The fourth-order valence-electron chi connectivity index (χ4n) is 2.51. The summed E-state index contributed by atoms with van der Waals surface area (Å²) in [6.07, 6.45) is -3.29. The van der Waals surface area contributed by atoms with Crippen LogP contribution >= 0.6 is 46.3 Å². The molecule has 0 aliphatic rings. The summed E-state index contributed by atoms with van der Waals surface area (Å²) < 4.78 is 58.7. The Morgan fingerprint density at radius 3 is 2.12 bits per heavy atom. The van der Waals surface area contributed by atoms with E-state index in [2.05, 4.69) is 0 Å². The standard InChI is InChI=1S/C18H14Cl2N2O2S3.C2HF3O2/c1-25-18-16(9-15(26-18)17(21)22)27(23,24)14-4-2-3-10(7-14)11-5-12(19)8-13(20)6-11;3-2(4,5)1(6)7/h2-9H,1H3,(H3,21,22);(H,6,7). The van der Waals surface area contributed by atoms with Crippen molar-refractivity contribution in [2.24, 2.45) is 5.73 Å². The summed E-state index contributed by atoms with van der Waals surface area (Å²) in [6, 6.07) is 13.1. The molecule has 0 unspecified atom stereocenters. The third-order valence-corrected chi connectivity index (χ3v) is 8.76. The van der Waals surface area contributed by atoms with Crippen LogP contribution in [0.5, 0.6) is 0 Å². The summed E-state index contributed by atoms with van der Waals surface area (Å²) in [5.41, 5.74) is 6.94. The Balaban J connectivity index is 0.000000509. The van der Waals surface area contributed by atoms with Crippen LogP contribution in [0.3, 0.4) is 0 Å². The molecule has 0 amide bonds. The van der Waals surface area contributed by atoms with Gasteiger partial charge in [-0.2, -0.15) is 13.2 Å². The number of aliphatic carboxylic acids is 1. The van der Waals surface area contributed by atoms with E-state index in [4.69, 9.17) is 44.2 Å². The van der Waals surface area contributed by atoms with Crippen molar-refractivity contribution >= 4 is 67.9 Å². The van der Waals surface area contributed by atoms with Crippen molar-refractivity contribution in [1.82, 2.24) is 0 Å². The molecule has 3 rings (SSSR count). The number of thiophene rings is 1. The molecule has 34 heavy (non-hydrogen) atoms. The third kappa shape index (κ3) is 6.89. The van der Waals surface area contributed by atoms with Gasteiger partial charge in [-0.15, -0.1) is 23.1 Å². The van der Waals surface area contributed by atoms with Gasteiger partial charge in [-0.05, 0) is 53.8 Å². The number of carboxylic acids is 1. The SMILES string of the molecule is CSc1sc(C(=N)N)cc1S(=O)(=O)c1cccc(-c2cc(Cl)cc(Cl)c2)c1.O=C(O)C(F)(F)F. The maximum Gasteiger partial charge on any atom is 0.490 e. The third-order valence-electron chi connectivity index (χ3n) is 3.99. The number of hydrogen-bond donors (Lipinski definition) is 3. The normalized spacial score (nSPS) is 11.5. The number of amidine groups is 1. The number of carboxylic acid groups (broad SMARTS) is 1. The lowest BCUT2D eigenvalue weighted by molar-refractivity contribution is -0.192. The monoisotopic (exact) mass is 570 g/mol. The average Bonchev–Trinajstić information content (AvgIpc) is 3.19. The first-order valence-corrected chi connectivity index (χ1v) is 13.1. The lowest BCUT2D eigenvalue weighted by atomic mass is 10.1. The second-order valence-corrected chi connectivity index (χ2v) is 11.3. The number of hydrogen-bond acceptors (Lipinski definition) is 6. The van der Waals surface area contributed by atoms with E-state index >= 15 is 0 Å². The van der Waals surface area contributed by atoms with Gasteiger partial charge < -0.3 is 10.8 Å². The smallest absolute Gasteiger partial charge is 0.475 e. The number of nitrogens with two attached hydrogens (primary N) is 1. The molecule has 3 aromatic rings. The van der Waals surface area contributed by atoms with Gasteiger partial charge in [0.25, 0.3) is 0 Å². The van der Waals surface area contributed by atoms with Crippen LogP contribution in [0, 0.1) is 5.41 Å². The zero-order chi connectivity index (χ0) is 25.8. The zero-order valence-corrected chi connectivity index (χ0v) is 20.9. The zero-order valence-electron chi connectivity index (χ0n) is 17.0. The first kappa shape index (κ1) is 28.0. The van der Waals surface area contributed by atoms with E-state index in [1.807, 2.05) is 0 Å². The molecule has 0 atom stereocenters. The van der Waals surface area contributed by atoms with Gasteiger partial charge in [0, 0.05) is 10.0 Å². The molecule has 0 saturated carbocycles. The van der Waals surface area contributed by atoms with Crippen molar-refractivity contribution in [3.8, 4) is 11.1 Å². The van der Waals surface area contributed by atoms with E-state index in [0.717, 1.165) is 5.56 Å². The van der Waals surface area contributed by atoms with E-state index in [0.29, 0.717) is 24.7 Å². The fraction of sp³-hybridized carbons (Fsp3) is 0.100. The molecule has 0 bridgehead atoms. The highest BCUT2D eigenvalue weighted by Gasteiger charge is 2.38. The van der Waals surface area contributed by atoms with Gasteiger partial charge >= 0.3 is 12.1 Å². The molecule has 182 valence electrons. The van der Waals surface area contributed by atoms with Crippen molar-refractivity contribution in [1.29, 1.82) is 5.41 Å². The molecule has 1 aromatic heterocycles. The number of carbonyl (C=O) groups is 1. The highest BCUT2D eigenvalue weighted by molar-refractivity contribution is 8.01. The maximum atomic E-state index is 13.2. The number of thioether (sulfide) groups is 1. The van der Waals surface area contributed by atoms with Crippen LogP contribution < -0.4 is 5.73 Å². The van der Waals surface area contributed by atoms with E-state index in [1.54, 1.807) is 48.7 Å². The summed E-state index contributed by atoms with van der Waals surface area (Å²) in [4.78, 5) is 9.63. The molecular weight excluding hydrogens is 556 g/mol. The van der Waals surface area contributed by atoms with E-state index in [1.165, 1.54) is 29.2 Å². The molecular formula is C20H15Cl2F3N2O4S3. The lowest BCUT2D eigenvalue weighted by Gasteiger charge is -2.08. The van der Waals surface area contributed by atoms with E-state index < -0.39 is 22.0 Å². The molecule has 14 heteroatoms. The highest BCUT2D eigenvalue weighted by atomic mass is 35.5. The van der Waals surface area contributed by atoms with E-state index in [9.17, 15) is 21.6 Å². The molecule has 0 saturated heterocycles. The van der Waals surface area contributed by atoms with Gasteiger partial charge in [0.15, 0.2) is 0 Å². The Labute approximate surface area is 210 Å². The number of nitrogens with one attached hydrogen (secondary N) is 1. The van der Waals surface area contributed by atoms with Gasteiger partial charge in [0.05, 0.1) is 18.9 Å². The van der Waals surface area contributed by atoms with Crippen molar-refractivity contribution < 1.29 is 31.5 Å². The number of alkyl halides is 3. The molecule has 0 aliphatic carbocycles. The molecule has 0 fully saturated rings. The molecule has 2 aromatic carbocycles. The average molecular weight is 571 g/mol. The summed E-state index contributed by atoms with van der Waals surface area (Å²) in [5.74, 6) is -2.91. The summed E-state index contributed by atoms with van der Waals surface area (Å²) in [7, 11) is -3.77. The van der Waals surface area contributed by atoms with Gasteiger partial charge in [-0.3, -0.25) is 5.41 Å². The molecule has 0 spiro atoms. The Bertz CT molecular complexity index is 1320. The lowest BCUT2D eigenvalue weighted by Crippen LogP contribution is -2.21. The number of sulfone groups is 1. The number of benzene rings is 2. The molecule has 6 nitrogen and oxygen atoms in total. The van der Waals surface area contributed by atoms with Crippen molar-refractivity contribution in [2.45, 2.75) is 20.2 Å². The minimum atomic E-state index is -5.08. The minimum absolute atomic E-state index is 0.152. The van der Waals surface area contributed by atoms with Gasteiger partial charge in [0.1, 0.15) is 5.84 Å². The predicted octanol–water partition coefficient (Wildman–Crippen LogP) is 6.19.